The van der Waals surface area contributed by atoms with Gasteiger partial charge in [0.05, 0.1) is 0 Å². The van der Waals surface area contributed by atoms with Gasteiger partial charge in [0.25, 0.3) is 0 Å². The molecule has 0 fully saturated rings. The maximum atomic E-state index is 5.78. The van der Waals surface area contributed by atoms with Crippen LogP contribution < -0.4 is 11.1 Å². The fourth-order valence-corrected chi connectivity index (χ4v) is 2.29. The monoisotopic (exact) mass is 204 g/mol. The molecule has 0 saturated carbocycles. The van der Waals surface area contributed by atoms with E-state index in [0.29, 0.717) is 5.92 Å². The first kappa shape index (κ1) is 10.5. The summed E-state index contributed by atoms with van der Waals surface area (Å²) in [6.07, 6.45) is 3.58. The van der Waals surface area contributed by atoms with Gasteiger partial charge in [0.2, 0.25) is 0 Å². The Kier molecular flexibility index (Phi) is 3.27. The molecule has 0 bridgehead atoms. The van der Waals surface area contributed by atoms with Crippen LogP contribution in [0.3, 0.4) is 0 Å². The summed E-state index contributed by atoms with van der Waals surface area (Å²) in [4.78, 5) is 0. The summed E-state index contributed by atoms with van der Waals surface area (Å²) >= 11 is 0. The van der Waals surface area contributed by atoms with E-state index in [1.165, 1.54) is 29.7 Å². The van der Waals surface area contributed by atoms with E-state index in [1.807, 2.05) is 0 Å². The largest absolute Gasteiger partial charge is 0.385 e. The second kappa shape index (κ2) is 4.67. The van der Waals surface area contributed by atoms with Crippen molar-refractivity contribution in [1.29, 1.82) is 0 Å². The smallest absolute Gasteiger partial charge is 0.0372 e. The molecule has 1 heterocycles. The molecule has 0 spiro atoms. The third-order valence-electron chi connectivity index (χ3n) is 3.32. The highest BCUT2D eigenvalue weighted by Crippen LogP contribution is 2.27. The normalized spacial score (nSPS) is 16.7. The van der Waals surface area contributed by atoms with Gasteiger partial charge < -0.3 is 11.1 Å². The molecule has 0 amide bonds. The molecule has 2 heteroatoms. The van der Waals surface area contributed by atoms with Gasteiger partial charge in [-0.1, -0.05) is 19.1 Å². The van der Waals surface area contributed by atoms with Crippen LogP contribution in [0, 0.1) is 0 Å². The molecular weight excluding hydrogens is 184 g/mol. The summed E-state index contributed by atoms with van der Waals surface area (Å²) in [6.45, 7) is 4.07. The van der Waals surface area contributed by atoms with Crippen molar-refractivity contribution in [1.82, 2.24) is 0 Å². The number of hydrogen-bond donors (Lipinski definition) is 2. The molecule has 1 aliphatic rings. The van der Waals surface area contributed by atoms with Crippen LogP contribution in [-0.2, 0) is 6.42 Å². The SMILES string of the molecule is CCC(CN)c1ccc2c(c1)CCCN2. The van der Waals surface area contributed by atoms with Crippen molar-refractivity contribution in [3.8, 4) is 0 Å². The minimum atomic E-state index is 0.525. The molecule has 1 aromatic carbocycles. The molecule has 0 saturated heterocycles. The zero-order chi connectivity index (χ0) is 10.7. The van der Waals surface area contributed by atoms with E-state index in [4.69, 9.17) is 5.73 Å². The van der Waals surface area contributed by atoms with Gasteiger partial charge in [-0.2, -0.15) is 0 Å². The number of rotatable bonds is 3. The number of nitrogens with two attached hydrogens (primary N) is 1. The van der Waals surface area contributed by atoms with Gasteiger partial charge >= 0.3 is 0 Å². The Balaban J connectivity index is 2.27. The predicted octanol–water partition coefficient (Wildman–Crippen LogP) is 2.50. The van der Waals surface area contributed by atoms with Crippen molar-refractivity contribution in [2.75, 3.05) is 18.4 Å². The molecule has 0 aromatic heterocycles. The predicted molar refractivity (Wildman–Crippen MR) is 65.3 cm³/mol. The van der Waals surface area contributed by atoms with E-state index in [1.54, 1.807) is 0 Å². The van der Waals surface area contributed by atoms with Crippen molar-refractivity contribution in [2.24, 2.45) is 5.73 Å². The van der Waals surface area contributed by atoms with E-state index in [2.05, 4.69) is 30.4 Å². The molecule has 15 heavy (non-hydrogen) atoms. The van der Waals surface area contributed by atoms with Gasteiger partial charge in [-0.3, -0.25) is 0 Å². The standard InChI is InChI=1S/C13H20N2/c1-2-10(9-14)11-5-6-13-12(8-11)4-3-7-15-13/h5-6,8,10,15H,2-4,7,9,14H2,1H3. The Bertz CT molecular complexity index is 329. The maximum Gasteiger partial charge on any atom is 0.0372 e. The number of nitrogens with one attached hydrogen (secondary N) is 1. The number of benzene rings is 1. The second-order valence-corrected chi connectivity index (χ2v) is 4.29. The summed E-state index contributed by atoms with van der Waals surface area (Å²) in [6, 6.07) is 6.77. The first-order valence-electron chi connectivity index (χ1n) is 5.92. The molecule has 2 rings (SSSR count). The lowest BCUT2D eigenvalue weighted by molar-refractivity contribution is 0.672. The Hall–Kier alpha value is -1.02. The van der Waals surface area contributed by atoms with Gasteiger partial charge in [0.15, 0.2) is 0 Å². The van der Waals surface area contributed by atoms with Crippen molar-refractivity contribution >= 4 is 5.69 Å². The van der Waals surface area contributed by atoms with Gasteiger partial charge in [0, 0.05) is 12.2 Å². The highest BCUT2D eigenvalue weighted by molar-refractivity contribution is 5.54. The Morgan fingerprint density at radius 3 is 3.07 bits per heavy atom. The fraction of sp³-hybridized carbons (Fsp3) is 0.538. The lowest BCUT2D eigenvalue weighted by atomic mass is 9.92. The van der Waals surface area contributed by atoms with Crippen LogP contribution in [0.2, 0.25) is 0 Å². The van der Waals surface area contributed by atoms with Crippen molar-refractivity contribution in [3.63, 3.8) is 0 Å². The number of anilines is 1. The van der Waals surface area contributed by atoms with E-state index >= 15 is 0 Å². The second-order valence-electron chi connectivity index (χ2n) is 4.29. The molecule has 1 aliphatic heterocycles. The molecule has 1 aromatic rings. The lowest BCUT2D eigenvalue weighted by Crippen LogP contribution is -2.15. The van der Waals surface area contributed by atoms with Crippen LogP contribution in [0.1, 0.15) is 36.8 Å². The molecule has 1 unspecified atom stereocenters. The third-order valence-corrected chi connectivity index (χ3v) is 3.32. The van der Waals surface area contributed by atoms with Gasteiger partial charge in [-0.15, -0.1) is 0 Å². The Morgan fingerprint density at radius 1 is 1.47 bits per heavy atom. The van der Waals surface area contributed by atoms with Crippen LogP contribution in [0.5, 0.6) is 0 Å². The van der Waals surface area contributed by atoms with Crippen LogP contribution >= 0.6 is 0 Å². The first-order valence-corrected chi connectivity index (χ1v) is 5.92. The summed E-state index contributed by atoms with van der Waals surface area (Å²) in [5, 5.41) is 3.43. The number of aryl methyl sites for hydroxylation is 1. The van der Waals surface area contributed by atoms with E-state index < -0.39 is 0 Å². The minimum absolute atomic E-state index is 0.525. The summed E-state index contributed by atoms with van der Waals surface area (Å²) in [5.41, 5.74) is 9.96. The molecule has 2 nitrogen and oxygen atoms in total. The average molecular weight is 204 g/mol. The highest BCUT2D eigenvalue weighted by Gasteiger charge is 2.12. The Labute approximate surface area is 91.9 Å². The van der Waals surface area contributed by atoms with E-state index in [9.17, 15) is 0 Å². The highest BCUT2D eigenvalue weighted by atomic mass is 14.9. The van der Waals surface area contributed by atoms with Crippen molar-refractivity contribution < 1.29 is 0 Å². The molecule has 82 valence electrons. The zero-order valence-electron chi connectivity index (χ0n) is 9.42. The molecule has 1 atom stereocenters. The quantitative estimate of drug-likeness (QED) is 0.794. The number of hydrogen-bond acceptors (Lipinski definition) is 2. The van der Waals surface area contributed by atoms with Crippen LogP contribution in [0.25, 0.3) is 0 Å². The van der Waals surface area contributed by atoms with Crippen molar-refractivity contribution in [3.05, 3.63) is 29.3 Å². The zero-order valence-corrected chi connectivity index (χ0v) is 9.42. The first-order chi connectivity index (χ1) is 7.35. The van der Waals surface area contributed by atoms with Gasteiger partial charge in [-0.25, -0.2) is 0 Å². The molecule has 3 N–H and O–H groups in total. The van der Waals surface area contributed by atoms with Crippen molar-refractivity contribution in [2.45, 2.75) is 32.1 Å². The number of fused-ring (bicyclic) bond motifs is 1. The summed E-state index contributed by atoms with van der Waals surface area (Å²) in [7, 11) is 0. The fourth-order valence-electron chi connectivity index (χ4n) is 2.29. The molecule has 0 radical (unpaired) electrons. The molecule has 0 aliphatic carbocycles. The summed E-state index contributed by atoms with van der Waals surface area (Å²) in [5.74, 6) is 0.525. The maximum absolute atomic E-state index is 5.78. The van der Waals surface area contributed by atoms with Crippen LogP contribution in [-0.4, -0.2) is 13.1 Å². The van der Waals surface area contributed by atoms with Gasteiger partial charge in [0.1, 0.15) is 0 Å². The van der Waals surface area contributed by atoms with Crippen LogP contribution in [0.4, 0.5) is 5.69 Å². The third kappa shape index (κ3) is 2.15. The van der Waals surface area contributed by atoms with E-state index in [0.717, 1.165) is 19.5 Å². The van der Waals surface area contributed by atoms with E-state index in [-0.39, 0.29) is 0 Å². The molecular formula is C13H20N2. The topological polar surface area (TPSA) is 38.0 Å². The summed E-state index contributed by atoms with van der Waals surface area (Å²) < 4.78 is 0. The average Bonchev–Trinajstić information content (AvgIpc) is 2.30. The lowest BCUT2D eigenvalue weighted by Gasteiger charge is -2.21. The van der Waals surface area contributed by atoms with Gasteiger partial charge in [-0.05, 0) is 48.9 Å². The van der Waals surface area contributed by atoms with Crippen LogP contribution in [0.15, 0.2) is 18.2 Å². The minimum Gasteiger partial charge on any atom is -0.385 e. The Morgan fingerprint density at radius 2 is 2.33 bits per heavy atom.